The van der Waals surface area contributed by atoms with Crippen LogP contribution in [0.1, 0.15) is 47.1 Å². The van der Waals surface area contributed by atoms with Crippen molar-refractivity contribution >= 4 is 22.6 Å². The van der Waals surface area contributed by atoms with Crippen LogP contribution in [0.15, 0.2) is 48.5 Å². The number of benzene rings is 2. The van der Waals surface area contributed by atoms with E-state index in [-0.39, 0.29) is 5.91 Å². The number of piperazine rings is 1. The van der Waals surface area contributed by atoms with E-state index in [1.54, 1.807) is 0 Å². The zero-order valence-electron chi connectivity index (χ0n) is 20.7. The second kappa shape index (κ2) is 12.7. The predicted molar refractivity (Wildman–Crippen MR) is 142 cm³/mol. The van der Waals surface area contributed by atoms with Crippen LogP contribution in [0, 0.1) is 6.92 Å². The van der Waals surface area contributed by atoms with Gasteiger partial charge >= 0.3 is 0 Å². The van der Waals surface area contributed by atoms with Crippen LogP contribution in [-0.2, 0) is 6.42 Å². The summed E-state index contributed by atoms with van der Waals surface area (Å²) in [5, 5.41) is 4.04. The molecule has 0 aliphatic carbocycles. The normalized spacial score (nSPS) is 14.2. The first-order chi connectivity index (χ1) is 17.1. The Morgan fingerprint density at radius 3 is 2.51 bits per heavy atom. The van der Waals surface area contributed by atoms with Gasteiger partial charge in [-0.15, -0.1) is 0 Å². The number of carbonyl (C=O) groups excluding carboxylic acids is 1. The Bertz CT molecular complexity index is 1060. The largest absolute Gasteiger partial charge is 0.494 e. The van der Waals surface area contributed by atoms with E-state index < -0.39 is 0 Å². The van der Waals surface area contributed by atoms with Gasteiger partial charge in [0.1, 0.15) is 11.6 Å². The number of unbranched alkanes of at least 4 members (excludes halogenated alkanes) is 1. The number of carbonyl (C=O) groups is 1. The van der Waals surface area contributed by atoms with Crippen LogP contribution in [-0.4, -0.2) is 66.0 Å². The maximum absolute atomic E-state index is 12.5. The molecule has 1 amide bonds. The first-order valence-electron chi connectivity index (χ1n) is 12.5. The molecule has 1 aliphatic heterocycles. The highest BCUT2D eigenvalue weighted by Gasteiger charge is 2.20. The maximum Gasteiger partial charge on any atom is 0.251 e. The number of aryl methyl sites for hydroxylation is 1. The number of hydrogen-bond donors (Lipinski definition) is 1. The Balaban J connectivity index is 1.16. The molecule has 0 unspecified atom stereocenters. The van der Waals surface area contributed by atoms with Crippen molar-refractivity contribution in [1.82, 2.24) is 19.6 Å². The second-order valence-electron chi connectivity index (χ2n) is 8.97. The van der Waals surface area contributed by atoms with Crippen LogP contribution in [0.4, 0.5) is 5.13 Å². The molecule has 1 saturated heterocycles. The molecule has 0 spiro atoms. The highest BCUT2D eigenvalue weighted by Crippen LogP contribution is 2.20. The third-order valence-corrected chi connectivity index (χ3v) is 6.99. The Morgan fingerprint density at radius 2 is 1.80 bits per heavy atom. The minimum absolute atomic E-state index is 0.0429. The molecule has 0 bridgehead atoms. The summed E-state index contributed by atoms with van der Waals surface area (Å²) >= 11 is 1.49. The van der Waals surface area contributed by atoms with E-state index in [0.717, 1.165) is 68.7 Å². The average Bonchev–Trinajstić information content (AvgIpc) is 3.35. The molecule has 3 aromatic rings. The second-order valence-corrected chi connectivity index (χ2v) is 9.70. The average molecular weight is 494 g/mol. The molecule has 2 aromatic carbocycles. The molecule has 2 heterocycles. The molecule has 7 nitrogen and oxygen atoms in total. The summed E-state index contributed by atoms with van der Waals surface area (Å²) in [6.07, 6.45) is 2.91. The van der Waals surface area contributed by atoms with E-state index in [9.17, 15) is 4.79 Å². The lowest BCUT2D eigenvalue weighted by Gasteiger charge is -2.34. The van der Waals surface area contributed by atoms with Gasteiger partial charge in [-0.3, -0.25) is 9.69 Å². The van der Waals surface area contributed by atoms with Crippen molar-refractivity contribution in [2.24, 2.45) is 0 Å². The lowest BCUT2D eigenvalue weighted by atomic mass is 10.1. The molecule has 0 atom stereocenters. The van der Waals surface area contributed by atoms with Gasteiger partial charge in [-0.1, -0.05) is 43.2 Å². The lowest BCUT2D eigenvalue weighted by molar-refractivity contribution is 0.0947. The Morgan fingerprint density at radius 1 is 1.06 bits per heavy atom. The number of ether oxygens (including phenoxy) is 1. The number of aromatic nitrogens is 2. The fraction of sp³-hybridized carbons (Fsp3) is 0.444. The van der Waals surface area contributed by atoms with Gasteiger partial charge in [0.05, 0.1) is 6.61 Å². The Kier molecular flexibility index (Phi) is 9.08. The number of nitrogens with one attached hydrogen (secondary N) is 1. The Labute approximate surface area is 212 Å². The third-order valence-electron chi connectivity index (χ3n) is 6.18. The van der Waals surface area contributed by atoms with Crippen LogP contribution in [0.2, 0.25) is 0 Å². The van der Waals surface area contributed by atoms with Crippen molar-refractivity contribution in [2.75, 3.05) is 50.8 Å². The summed E-state index contributed by atoms with van der Waals surface area (Å²) in [5.74, 6) is 1.66. The summed E-state index contributed by atoms with van der Waals surface area (Å²) in [4.78, 5) is 21.9. The molecule has 0 radical (unpaired) electrons. The summed E-state index contributed by atoms with van der Waals surface area (Å²) in [7, 11) is 0. The number of hydrogen-bond acceptors (Lipinski definition) is 7. The molecular formula is C27H35N5O2S. The SMILES string of the molecule is CCCCOc1ccc(C(=O)NCCN2CCN(c3nc(Cc4ccc(C)cc4)ns3)CC2)cc1. The molecule has 186 valence electrons. The molecule has 1 fully saturated rings. The number of anilines is 1. The first-order valence-corrected chi connectivity index (χ1v) is 13.2. The standard InChI is InChI=1S/C27H35N5O2S/c1-3-4-19-34-24-11-9-23(10-12-24)26(33)28-13-14-31-15-17-32(18-16-31)27-29-25(30-35-27)20-22-7-5-21(2)6-8-22/h5-12H,3-4,13-20H2,1-2H3,(H,28,33). The fourth-order valence-electron chi connectivity index (χ4n) is 3.96. The summed E-state index contributed by atoms with van der Waals surface area (Å²) in [6.45, 7) is 10.2. The van der Waals surface area contributed by atoms with Gasteiger partial charge in [0.15, 0.2) is 0 Å². The molecule has 1 N–H and O–H groups in total. The van der Waals surface area contributed by atoms with Crippen LogP contribution in [0.5, 0.6) is 5.75 Å². The summed E-state index contributed by atoms with van der Waals surface area (Å²) in [5.41, 5.74) is 3.17. The van der Waals surface area contributed by atoms with Crippen molar-refractivity contribution in [3.05, 3.63) is 71.0 Å². The first kappa shape index (κ1) is 25.1. The monoisotopic (exact) mass is 493 g/mol. The van der Waals surface area contributed by atoms with Crippen LogP contribution in [0.25, 0.3) is 0 Å². The fourth-order valence-corrected chi connectivity index (χ4v) is 4.70. The summed E-state index contributed by atoms with van der Waals surface area (Å²) < 4.78 is 10.2. The van der Waals surface area contributed by atoms with Crippen molar-refractivity contribution in [1.29, 1.82) is 0 Å². The van der Waals surface area contributed by atoms with Crippen LogP contribution >= 0.6 is 11.5 Å². The molecule has 4 rings (SSSR count). The predicted octanol–water partition coefficient (Wildman–Crippen LogP) is 4.17. The van der Waals surface area contributed by atoms with Crippen LogP contribution < -0.4 is 15.0 Å². The quantitative estimate of drug-likeness (QED) is 0.405. The minimum Gasteiger partial charge on any atom is -0.494 e. The van der Waals surface area contributed by atoms with Crippen molar-refractivity contribution in [3.8, 4) is 5.75 Å². The molecule has 0 saturated carbocycles. The van der Waals surface area contributed by atoms with E-state index in [2.05, 4.69) is 57.6 Å². The Hall–Kier alpha value is -2.97. The van der Waals surface area contributed by atoms with E-state index in [0.29, 0.717) is 18.7 Å². The smallest absolute Gasteiger partial charge is 0.251 e. The van der Waals surface area contributed by atoms with Crippen molar-refractivity contribution in [3.63, 3.8) is 0 Å². The van der Waals surface area contributed by atoms with Gasteiger partial charge in [-0.2, -0.15) is 4.37 Å². The molecular weight excluding hydrogens is 458 g/mol. The van der Waals surface area contributed by atoms with Gasteiger partial charge in [0.25, 0.3) is 5.91 Å². The minimum atomic E-state index is -0.0429. The lowest BCUT2D eigenvalue weighted by Crippen LogP contribution is -2.48. The van der Waals surface area contributed by atoms with Crippen LogP contribution in [0.3, 0.4) is 0 Å². The highest BCUT2D eigenvalue weighted by atomic mass is 32.1. The topological polar surface area (TPSA) is 70.6 Å². The number of amides is 1. The molecule has 35 heavy (non-hydrogen) atoms. The number of nitrogens with zero attached hydrogens (tertiary/aromatic N) is 4. The van der Waals surface area contributed by atoms with Gasteiger partial charge in [-0.05, 0) is 43.2 Å². The zero-order valence-corrected chi connectivity index (χ0v) is 21.5. The van der Waals surface area contributed by atoms with Crippen molar-refractivity contribution < 1.29 is 9.53 Å². The van der Waals surface area contributed by atoms with Gasteiger partial charge in [-0.25, -0.2) is 4.98 Å². The van der Waals surface area contributed by atoms with E-state index in [4.69, 9.17) is 9.72 Å². The van der Waals surface area contributed by atoms with Gasteiger partial charge < -0.3 is 15.0 Å². The maximum atomic E-state index is 12.5. The molecule has 1 aromatic heterocycles. The highest BCUT2D eigenvalue weighted by molar-refractivity contribution is 7.09. The van der Waals surface area contributed by atoms with E-state index in [1.807, 2.05) is 24.3 Å². The van der Waals surface area contributed by atoms with Gasteiger partial charge in [0.2, 0.25) is 5.13 Å². The number of rotatable bonds is 11. The zero-order chi connectivity index (χ0) is 24.5. The third kappa shape index (κ3) is 7.50. The summed E-state index contributed by atoms with van der Waals surface area (Å²) in [6, 6.07) is 15.9. The van der Waals surface area contributed by atoms with E-state index in [1.165, 1.54) is 22.7 Å². The molecule has 8 heteroatoms. The van der Waals surface area contributed by atoms with Gasteiger partial charge in [0, 0.05) is 62.8 Å². The van der Waals surface area contributed by atoms with E-state index >= 15 is 0 Å². The molecule has 1 aliphatic rings. The van der Waals surface area contributed by atoms with Crippen molar-refractivity contribution in [2.45, 2.75) is 33.1 Å².